The summed E-state index contributed by atoms with van der Waals surface area (Å²) >= 11 is 0. The van der Waals surface area contributed by atoms with E-state index in [9.17, 15) is 13.2 Å². The van der Waals surface area contributed by atoms with Gasteiger partial charge in [0.1, 0.15) is 4.90 Å². The normalized spacial score (nSPS) is 13.3. The highest BCUT2D eigenvalue weighted by molar-refractivity contribution is 7.89. The molecule has 0 atom stereocenters. The fourth-order valence-electron chi connectivity index (χ4n) is 4.60. The molecule has 0 unspecified atom stereocenters. The Bertz CT molecular complexity index is 1550. The second kappa shape index (κ2) is 8.30. The Morgan fingerprint density at radius 1 is 0.971 bits per heavy atom. The SMILES string of the molecule is CCN(c1ccccc1S(N)(=O)=O)c1cc(C)cc2c(=O)cc(N3Cc4ccccc4C3)oc12. The summed E-state index contributed by atoms with van der Waals surface area (Å²) in [4.78, 5) is 17.1. The number of rotatable bonds is 5. The molecule has 0 amide bonds. The van der Waals surface area contributed by atoms with Gasteiger partial charge in [0.05, 0.1) is 16.8 Å². The van der Waals surface area contributed by atoms with Crippen LogP contribution >= 0.6 is 0 Å². The summed E-state index contributed by atoms with van der Waals surface area (Å²) in [6.07, 6.45) is 0. The van der Waals surface area contributed by atoms with Crippen LogP contribution in [0.2, 0.25) is 0 Å². The van der Waals surface area contributed by atoms with Crippen molar-refractivity contribution >= 4 is 38.3 Å². The Balaban J connectivity index is 1.70. The largest absolute Gasteiger partial charge is 0.438 e. The van der Waals surface area contributed by atoms with E-state index in [0.29, 0.717) is 47.9 Å². The molecule has 0 saturated carbocycles. The molecule has 3 aromatic carbocycles. The van der Waals surface area contributed by atoms with Gasteiger partial charge in [0.25, 0.3) is 0 Å². The van der Waals surface area contributed by atoms with E-state index in [1.807, 2.05) is 41.8 Å². The minimum Gasteiger partial charge on any atom is -0.438 e. The summed E-state index contributed by atoms with van der Waals surface area (Å²) in [6.45, 7) is 5.54. The number of nitrogens with zero attached hydrogens (tertiary/aromatic N) is 2. The minimum absolute atomic E-state index is 0.0139. The molecule has 1 aliphatic rings. The maximum absolute atomic E-state index is 13.2. The highest BCUT2D eigenvalue weighted by atomic mass is 32.2. The number of hydrogen-bond donors (Lipinski definition) is 1. The minimum atomic E-state index is -3.96. The van der Waals surface area contributed by atoms with Gasteiger partial charge in [-0.1, -0.05) is 36.4 Å². The van der Waals surface area contributed by atoms with Crippen molar-refractivity contribution in [3.05, 3.63) is 93.6 Å². The molecule has 0 bridgehead atoms. The lowest BCUT2D eigenvalue weighted by atomic mass is 10.1. The quantitative estimate of drug-likeness (QED) is 0.459. The van der Waals surface area contributed by atoms with E-state index in [1.54, 1.807) is 24.3 Å². The van der Waals surface area contributed by atoms with Gasteiger partial charge in [-0.05, 0) is 54.8 Å². The lowest BCUT2D eigenvalue weighted by Crippen LogP contribution is -2.22. The first kappa shape index (κ1) is 22.2. The van der Waals surface area contributed by atoms with Crippen LogP contribution in [-0.4, -0.2) is 15.0 Å². The molecule has 0 radical (unpaired) electrons. The number of nitrogens with two attached hydrogens (primary N) is 1. The first-order valence-electron chi connectivity index (χ1n) is 11.1. The van der Waals surface area contributed by atoms with Crippen molar-refractivity contribution in [3.63, 3.8) is 0 Å². The molecular formula is C26H25N3O4S. The van der Waals surface area contributed by atoms with E-state index >= 15 is 0 Å². The molecule has 7 nitrogen and oxygen atoms in total. The molecule has 1 aromatic heterocycles. The second-order valence-corrected chi connectivity index (χ2v) is 10.0. The predicted molar refractivity (Wildman–Crippen MR) is 134 cm³/mol. The van der Waals surface area contributed by atoms with E-state index in [1.165, 1.54) is 23.3 Å². The molecule has 0 saturated heterocycles. The zero-order valence-corrected chi connectivity index (χ0v) is 19.8. The molecule has 0 aliphatic carbocycles. The predicted octanol–water partition coefficient (Wildman–Crippen LogP) is 4.43. The Morgan fingerprint density at radius 2 is 1.62 bits per heavy atom. The van der Waals surface area contributed by atoms with Gasteiger partial charge in [-0.25, -0.2) is 13.6 Å². The van der Waals surface area contributed by atoms with Gasteiger partial charge in [-0.2, -0.15) is 0 Å². The third kappa shape index (κ3) is 3.85. The lowest BCUT2D eigenvalue weighted by molar-refractivity contribution is 0.575. The number of para-hydroxylation sites is 1. The van der Waals surface area contributed by atoms with E-state index in [4.69, 9.17) is 9.56 Å². The summed E-state index contributed by atoms with van der Waals surface area (Å²) in [6, 6.07) is 20.0. The van der Waals surface area contributed by atoms with Crippen molar-refractivity contribution in [3.8, 4) is 0 Å². The first-order chi connectivity index (χ1) is 16.3. The molecule has 5 rings (SSSR count). The molecule has 2 heterocycles. The van der Waals surface area contributed by atoms with E-state index in [-0.39, 0.29) is 10.3 Å². The second-order valence-electron chi connectivity index (χ2n) is 8.49. The third-order valence-electron chi connectivity index (χ3n) is 6.16. The number of fused-ring (bicyclic) bond motifs is 2. The molecule has 8 heteroatoms. The van der Waals surface area contributed by atoms with Gasteiger partial charge in [0.15, 0.2) is 11.0 Å². The van der Waals surface area contributed by atoms with Crippen LogP contribution in [0.15, 0.2) is 80.8 Å². The lowest BCUT2D eigenvalue weighted by Gasteiger charge is -2.27. The van der Waals surface area contributed by atoms with Crippen molar-refractivity contribution in [1.82, 2.24) is 0 Å². The van der Waals surface area contributed by atoms with Crippen molar-refractivity contribution in [1.29, 1.82) is 0 Å². The van der Waals surface area contributed by atoms with Crippen LogP contribution in [-0.2, 0) is 23.1 Å². The van der Waals surface area contributed by atoms with Crippen LogP contribution in [0.1, 0.15) is 23.6 Å². The molecule has 1 aliphatic heterocycles. The number of primary sulfonamides is 1. The van der Waals surface area contributed by atoms with Crippen LogP contribution in [0.3, 0.4) is 0 Å². The summed E-state index contributed by atoms with van der Waals surface area (Å²) in [7, 11) is -3.96. The zero-order chi connectivity index (χ0) is 24.0. The molecule has 2 N–H and O–H groups in total. The van der Waals surface area contributed by atoms with Gasteiger partial charge in [0, 0.05) is 25.7 Å². The fraction of sp³-hybridized carbons (Fsp3) is 0.192. The third-order valence-corrected chi connectivity index (χ3v) is 7.12. The van der Waals surface area contributed by atoms with Crippen LogP contribution < -0.4 is 20.4 Å². The fourth-order valence-corrected chi connectivity index (χ4v) is 5.34. The Kier molecular flexibility index (Phi) is 5.42. The van der Waals surface area contributed by atoms with Crippen molar-refractivity contribution < 1.29 is 12.8 Å². The number of aryl methyl sites for hydroxylation is 1. The van der Waals surface area contributed by atoms with Crippen LogP contribution in [0.5, 0.6) is 0 Å². The Labute approximate surface area is 198 Å². The highest BCUT2D eigenvalue weighted by Crippen LogP contribution is 2.37. The molecule has 0 fully saturated rings. The van der Waals surface area contributed by atoms with Gasteiger partial charge in [-0.15, -0.1) is 0 Å². The van der Waals surface area contributed by atoms with E-state index in [0.717, 1.165) is 5.56 Å². The average molecular weight is 476 g/mol. The summed E-state index contributed by atoms with van der Waals surface area (Å²) < 4.78 is 31.0. The smallest absolute Gasteiger partial charge is 0.240 e. The topological polar surface area (TPSA) is 96.8 Å². The average Bonchev–Trinajstić information content (AvgIpc) is 3.24. The van der Waals surface area contributed by atoms with Gasteiger partial charge in [-0.3, -0.25) is 4.79 Å². The Hall–Kier alpha value is -3.62. The van der Waals surface area contributed by atoms with E-state index < -0.39 is 10.0 Å². The number of hydrogen-bond acceptors (Lipinski definition) is 6. The van der Waals surface area contributed by atoms with Crippen molar-refractivity contribution in [2.24, 2.45) is 5.14 Å². The van der Waals surface area contributed by atoms with E-state index in [2.05, 4.69) is 12.1 Å². The molecule has 34 heavy (non-hydrogen) atoms. The maximum Gasteiger partial charge on any atom is 0.240 e. The van der Waals surface area contributed by atoms with Crippen LogP contribution in [0, 0.1) is 6.92 Å². The first-order valence-corrected chi connectivity index (χ1v) is 12.6. The molecule has 174 valence electrons. The summed E-state index contributed by atoms with van der Waals surface area (Å²) in [5, 5.41) is 5.96. The van der Waals surface area contributed by atoms with Crippen molar-refractivity contribution in [2.75, 3.05) is 16.3 Å². The van der Waals surface area contributed by atoms with Gasteiger partial charge in [0.2, 0.25) is 15.9 Å². The molecule has 0 spiro atoms. The summed E-state index contributed by atoms with van der Waals surface area (Å²) in [5.41, 5.74) is 4.58. The number of anilines is 3. The summed E-state index contributed by atoms with van der Waals surface area (Å²) in [5.74, 6) is 0.481. The standard InChI is InChI=1S/C26H25N3O4S/c1-3-29(21-10-6-7-11-24(21)34(27,31)32)22-13-17(2)12-20-23(30)14-25(33-26(20)22)28-15-18-8-4-5-9-19(18)16-28/h4-14H,3,15-16H2,1-2H3,(H2,27,31,32). The van der Waals surface area contributed by atoms with Gasteiger partial charge < -0.3 is 14.2 Å². The molecular weight excluding hydrogens is 450 g/mol. The van der Waals surface area contributed by atoms with Gasteiger partial charge >= 0.3 is 0 Å². The van der Waals surface area contributed by atoms with Crippen molar-refractivity contribution in [2.45, 2.75) is 31.8 Å². The zero-order valence-electron chi connectivity index (χ0n) is 19.0. The number of sulfonamides is 1. The Morgan fingerprint density at radius 3 is 2.26 bits per heavy atom. The highest BCUT2D eigenvalue weighted by Gasteiger charge is 2.25. The van der Waals surface area contributed by atoms with Crippen LogP contribution in [0.25, 0.3) is 11.0 Å². The molecule has 4 aromatic rings. The van der Waals surface area contributed by atoms with Crippen LogP contribution in [0.4, 0.5) is 17.3 Å². The number of benzene rings is 3. The monoisotopic (exact) mass is 475 g/mol. The maximum atomic E-state index is 13.2.